The summed E-state index contributed by atoms with van der Waals surface area (Å²) < 4.78 is 5.55. The molecule has 4 aromatic rings. The summed E-state index contributed by atoms with van der Waals surface area (Å²) in [6.07, 6.45) is 6.76. The first-order valence-corrected chi connectivity index (χ1v) is 9.43. The minimum Gasteiger partial charge on any atom is -0.489 e. The van der Waals surface area contributed by atoms with E-state index in [0.717, 1.165) is 16.3 Å². The zero-order valence-corrected chi connectivity index (χ0v) is 17.9. The predicted molar refractivity (Wildman–Crippen MR) is 124 cm³/mol. The fourth-order valence-electron chi connectivity index (χ4n) is 2.09. The standard InChI is InChI=1S/C12H11NO.C7H8O.C5H4ClN.ClH/c1-2-4-11(5-3-1)10-14-12-6-8-13-9-7-12;8-6-7-4-2-1-3-5-7;6-5-1-3-7-4-2-5;/h1-9H,10H2;1-5,8H,6H2;1-4H;1H. The zero-order valence-electron chi connectivity index (χ0n) is 16.3. The summed E-state index contributed by atoms with van der Waals surface area (Å²) in [6.45, 7) is 0.742. The van der Waals surface area contributed by atoms with Crippen LogP contribution in [0.3, 0.4) is 0 Å². The molecule has 0 spiro atoms. The summed E-state index contributed by atoms with van der Waals surface area (Å²) in [4.78, 5) is 7.68. The van der Waals surface area contributed by atoms with Gasteiger partial charge in [0.25, 0.3) is 0 Å². The summed E-state index contributed by atoms with van der Waals surface area (Å²) >= 11 is 5.50. The number of hydrogen-bond acceptors (Lipinski definition) is 4. The first-order valence-electron chi connectivity index (χ1n) is 9.05. The molecule has 0 fully saturated rings. The Morgan fingerprint density at radius 1 is 0.667 bits per heavy atom. The molecule has 6 heteroatoms. The third-order valence-corrected chi connectivity index (χ3v) is 3.82. The third-order valence-electron chi connectivity index (χ3n) is 3.56. The van der Waals surface area contributed by atoms with Crippen molar-refractivity contribution in [3.05, 3.63) is 126 Å². The number of pyridine rings is 2. The Labute approximate surface area is 188 Å². The lowest BCUT2D eigenvalue weighted by atomic mass is 10.2. The van der Waals surface area contributed by atoms with Crippen LogP contribution in [0.2, 0.25) is 5.02 Å². The topological polar surface area (TPSA) is 55.2 Å². The fourth-order valence-corrected chi connectivity index (χ4v) is 2.21. The SMILES string of the molecule is Cl.Clc1ccncc1.OCc1ccccc1.c1ccc(COc2ccncc2)cc1. The lowest BCUT2D eigenvalue weighted by Crippen LogP contribution is -1.94. The smallest absolute Gasteiger partial charge is 0.122 e. The van der Waals surface area contributed by atoms with E-state index in [1.54, 1.807) is 36.9 Å². The van der Waals surface area contributed by atoms with Gasteiger partial charge in [-0.25, -0.2) is 0 Å². The Hall–Kier alpha value is -2.92. The normalized spacial score (nSPS) is 9.00. The van der Waals surface area contributed by atoms with Gasteiger partial charge in [-0.15, -0.1) is 12.4 Å². The molecule has 4 rings (SSSR count). The Morgan fingerprint density at radius 3 is 1.53 bits per heavy atom. The van der Waals surface area contributed by atoms with E-state index >= 15 is 0 Å². The van der Waals surface area contributed by atoms with Crippen molar-refractivity contribution in [1.29, 1.82) is 0 Å². The lowest BCUT2D eigenvalue weighted by Gasteiger charge is -2.04. The van der Waals surface area contributed by atoms with E-state index in [4.69, 9.17) is 21.4 Å². The first-order chi connectivity index (χ1) is 14.3. The Bertz CT molecular complexity index is 858. The second-order valence-electron chi connectivity index (χ2n) is 5.77. The highest BCUT2D eigenvalue weighted by Gasteiger charge is 1.93. The van der Waals surface area contributed by atoms with Gasteiger partial charge in [-0.05, 0) is 35.4 Å². The van der Waals surface area contributed by atoms with Gasteiger partial charge in [-0.3, -0.25) is 9.97 Å². The van der Waals surface area contributed by atoms with E-state index in [9.17, 15) is 0 Å². The van der Waals surface area contributed by atoms with Crippen LogP contribution < -0.4 is 4.74 Å². The Kier molecular flexibility index (Phi) is 13.3. The number of hydrogen-bond donors (Lipinski definition) is 1. The molecule has 0 saturated carbocycles. The molecule has 0 aliphatic rings. The van der Waals surface area contributed by atoms with Crippen LogP contribution in [0.25, 0.3) is 0 Å². The number of nitrogens with zero attached hydrogens (tertiary/aromatic N) is 2. The number of halogens is 2. The summed E-state index contributed by atoms with van der Waals surface area (Å²) in [5, 5.41) is 9.27. The van der Waals surface area contributed by atoms with Crippen molar-refractivity contribution in [2.45, 2.75) is 13.2 Å². The van der Waals surface area contributed by atoms with E-state index < -0.39 is 0 Å². The maximum Gasteiger partial charge on any atom is 0.122 e. The summed E-state index contributed by atoms with van der Waals surface area (Å²) in [7, 11) is 0. The molecule has 0 saturated heterocycles. The number of ether oxygens (including phenoxy) is 1. The molecule has 0 aliphatic heterocycles. The van der Waals surface area contributed by atoms with Gasteiger partial charge in [0.05, 0.1) is 6.61 Å². The van der Waals surface area contributed by atoms with Gasteiger partial charge in [0.2, 0.25) is 0 Å². The molecular formula is C24H24Cl2N2O2. The average molecular weight is 443 g/mol. The van der Waals surface area contributed by atoms with Gasteiger partial charge >= 0.3 is 0 Å². The molecule has 2 aromatic carbocycles. The molecule has 0 amide bonds. The van der Waals surface area contributed by atoms with Gasteiger partial charge < -0.3 is 9.84 Å². The monoisotopic (exact) mass is 442 g/mol. The molecule has 1 N–H and O–H groups in total. The van der Waals surface area contributed by atoms with Crippen molar-refractivity contribution in [1.82, 2.24) is 9.97 Å². The molecule has 0 aliphatic carbocycles. The van der Waals surface area contributed by atoms with Crippen molar-refractivity contribution in [2.24, 2.45) is 0 Å². The predicted octanol–water partition coefficient (Wildman–Crippen LogP) is 6.00. The lowest BCUT2D eigenvalue weighted by molar-refractivity contribution is 0.282. The number of aliphatic hydroxyl groups is 1. The van der Waals surface area contributed by atoms with Crippen molar-refractivity contribution in [3.8, 4) is 5.75 Å². The van der Waals surface area contributed by atoms with E-state index in [0.29, 0.717) is 6.61 Å². The number of aliphatic hydroxyl groups excluding tert-OH is 1. The second-order valence-corrected chi connectivity index (χ2v) is 6.20. The van der Waals surface area contributed by atoms with Gasteiger partial charge in [0.1, 0.15) is 12.4 Å². The fraction of sp³-hybridized carbons (Fsp3) is 0.0833. The van der Waals surface area contributed by atoms with Crippen LogP contribution in [0, 0.1) is 0 Å². The van der Waals surface area contributed by atoms with E-state index in [2.05, 4.69) is 9.97 Å². The summed E-state index contributed by atoms with van der Waals surface area (Å²) in [6, 6.07) is 26.8. The van der Waals surface area contributed by atoms with Crippen LogP contribution in [0.5, 0.6) is 5.75 Å². The van der Waals surface area contributed by atoms with Crippen molar-refractivity contribution >= 4 is 24.0 Å². The number of rotatable bonds is 4. The molecule has 30 heavy (non-hydrogen) atoms. The van der Waals surface area contributed by atoms with Crippen LogP contribution in [-0.4, -0.2) is 15.1 Å². The first kappa shape index (κ1) is 25.1. The maximum absolute atomic E-state index is 8.54. The molecular weight excluding hydrogens is 419 g/mol. The second kappa shape index (κ2) is 15.9. The van der Waals surface area contributed by atoms with E-state index in [1.165, 1.54) is 5.56 Å². The summed E-state index contributed by atoms with van der Waals surface area (Å²) in [5.74, 6) is 0.851. The molecule has 2 aromatic heterocycles. The quantitative estimate of drug-likeness (QED) is 0.421. The minimum atomic E-state index is 0. The summed E-state index contributed by atoms with van der Waals surface area (Å²) in [5.41, 5.74) is 2.14. The minimum absolute atomic E-state index is 0. The number of benzene rings is 2. The molecule has 156 valence electrons. The van der Waals surface area contributed by atoms with Gasteiger partial charge in [0.15, 0.2) is 0 Å². The highest BCUT2D eigenvalue weighted by molar-refractivity contribution is 6.30. The van der Waals surface area contributed by atoms with E-state index in [-0.39, 0.29) is 19.0 Å². The Morgan fingerprint density at radius 2 is 1.13 bits per heavy atom. The van der Waals surface area contributed by atoms with Crippen molar-refractivity contribution in [3.63, 3.8) is 0 Å². The molecule has 2 heterocycles. The van der Waals surface area contributed by atoms with Crippen LogP contribution >= 0.6 is 24.0 Å². The molecule has 0 unspecified atom stereocenters. The van der Waals surface area contributed by atoms with Crippen molar-refractivity contribution in [2.75, 3.05) is 0 Å². The molecule has 0 atom stereocenters. The average Bonchev–Trinajstić information content (AvgIpc) is 2.81. The van der Waals surface area contributed by atoms with Crippen LogP contribution in [0.1, 0.15) is 11.1 Å². The van der Waals surface area contributed by atoms with Crippen LogP contribution in [-0.2, 0) is 13.2 Å². The molecule has 4 nitrogen and oxygen atoms in total. The maximum atomic E-state index is 8.54. The van der Waals surface area contributed by atoms with Crippen molar-refractivity contribution < 1.29 is 9.84 Å². The van der Waals surface area contributed by atoms with Gasteiger partial charge in [-0.1, -0.05) is 72.3 Å². The molecule has 0 bridgehead atoms. The highest BCUT2D eigenvalue weighted by atomic mass is 35.5. The van der Waals surface area contributed by atoms with Gasteiger partial charge in [-0.2, -0.15) is 0 Å². The van der Waals surface area contributed by atoms with E-state index in [1.807, 2.05) is 72.8 Å². The molecule has 0 radical (unpaired) electrons. The van der Waals surface area contributed by atoms with Gasteiger partial charge in [0, 0.05) is 29.8 Å². The Balaban J connectivity index is 0.000000241. The largest absolute Gasteiger partial charge is 0.489 e. The zero-order chi connectivity index (χ0) is 20.6. The third kappa shape index (κ3) is 11.2. The number of aromatic nitrogens is 2. The highest BCUT2D eigenvalue weighted by Crippen LogP contribution is 2.10. The van der Waals surface area contributed by atoms with Crippen LogP contribution in [0.4, 0.5) is 0 Å². The van der Waals surface area contributed by atoms with Crippen LogP contribution in [0.15, 0.2) is 110 Å².